The molecule has 0 aliphatic heterocycles. The second-order valence-electron chi connectivity index (χ2n) is 2.98. The lowest BCUT2D eigenvalue weighted by Gasteiger charge is -2.02. The summed E-state index contributed by atoms with van der Waals surface area (Å²) in [5.74, 6) is 2.40. The minimum atomic E-state index is 0.346. The first-order chi connectivity index (χ1) is 7.33. The van der Waals surface area contributed by atoms with E-state index in [1.807, 2.05) is 12.1 Å². The summed E-state index contributed by atoms with van der Waals surface area (Å²) in [6, 6.07) is 8.17. The van der Waals surface area contributed by atoms with Crippen molar-refractivity contribution < 1.29 is 8.92 Å². The van der Waals surface area contributed by atoms with Gasteiger partial charge >= 0.3 is 0 Å². The highest BCUT2D eigenvalue weighted by atomic mass is 32.2. The molecule has 0 radical (unpaired) electrons. The quantitative estimate of drug-likeness (QED) is 0.419. The monoisotopic (exact) mass is 222 g/mol. The van der Waals surface area contributed by atoms with Gasteiger partial charge in [0.1, 0.15) is 6.61 Å². The van der Waals surface area contributed by atoms with Gasteiger partial charge in [-0.2, -0.15) is 0 Å². The Morgan fingerprint density at radius 3 is 2.67 bits per heavy atom. The molecule has 0 saturated heterocycles. The highest BCUT2D eigenvalue weighted by molar-refractivity contribution is 7.94. The molecule has 0 atom stereocenters. The number of rotatable bonds is 6. The Morgan fingerprint density at radius 2 is 2.00 bits per heavy atom. The van der Waals surface area contributed by atoms with Gasteiger partial charge in [0.2, 0.25) is 0 Å². The molecule has 0 amide bonds. The molecular formula is C12H14O2S. The molecule has 0 spiro atoms. The molecule has 1 aromatic rings. The first-order valence-electron chi connectivity index (χ1n) is 4.70. The van der Waals surface area contributed by atoms with Crippen molar-refractivity contribution in [2.75, 3.05) is 19.8 Å². The van der Waals surface area contributed by atoms with Gasteiger partial charge in [0.05, 0.1) is 13.2 Å². The SMILES string of the molecule is C#CCOCCOSc1ccc(C)cc1. The molecule has 15 heavy (non-hydrogen) atoms. The first-order valence-corrected chi connectivity index (χ1v) is 5.44. The van der Waals surface area contributed by atoms with Crippen molar-refractivity contribution in [1.29, 1.82) is 0 Å². The number of benzene rings is 1. The van der Waals surface area contributed by atoms with Crippen LogP contribution >= 0.6 is 12.0 Å². The van der Waals surface area contributed by atoms with Crippen LogP contribution in [0.1, 0.15) is 5.56 Å². The maximum Gasteiger partial charge on any atom is 0.107 e. The molecular weight excluding hydrogens is 208 g/mol. The third kappa shape index (κ3) is 5.48. The van der Waals surface area contributed by atoms with Crippen LogP contribution in [0.5, 0.6) is 0 Å². The summed E-state index contributed by atoms with van der Waals surface area (Å²) >= 11 is 1.36. The molecule has 0 fully saturated rings. The van der Waals surface area contributed by atoms with E-state index in [0.717, 1.165) is 4.90 Å². The van der Waals surface area contributed by atoms with Crippen LogP contribution < -0.4 is 0 Å². The third-order valence-electron chi connectivity index (χ3n) is 1.67. The van der Waals surface area contributed by atoms with Crippen molar-refractivity contribution in [2.24, 2.45) is 0 Å². The zero-order chi connectivity index (χ0) is 10.9. The molecule has 0 N–H and O–H groups in total. The predicted molar refractivity (Wildman–Crippen MR) is 62.6 cm³/mol. The third-order valence-corrected chi connectivity index (χ3v) is 2.42. The summed E-state index contributed by atoms with van der Waals surface area (Å²) < 4.78 is 10.4. The maximum absolute atomic E-state index is 5.33. The summed E-state index contributed by atoms with van der Waals surface area (Å²) in [6.07, 6.45) is 5.03. The summed E-state index contributed by atoms with van der Waals surface area (Å²) in [5.41, 5.74) is 1.25. The van der Waals surface area contributed by atoms with Crippen molar-refractivity contribution in [1.82, 2.24) is 0 Å². The van der Waals surface area contributed by atoms with E-state index >= 15 is 0 Å². The fourth-order valence-corrected chi connectivity index (χ4v) is 1.46. The summed E-state index contributed by atoms with van der Waals surface area (Å²) in [7, 11) is 0. The highest BCUT2D eigenvalue weighted by Gasteiger charge is 1.94. The van der Waals surface area contributed by atoms with E-state index in [-0.39, 0.29) is 0 Å². The zero-order valence-corrected chi connectivity index (χ0v) is 9.55. The van der Waals surface area contributed by atoms with Crippen LogP contribution in [0.3, 0.4) is 0 Å². The van der Waals surface area contributed by atoms with Gasteiger partial charge in [-0.15, -0.1) is 6.42 Å². The van der Waals surface area contributed by atoms with Crippen LogP contribution in [-0.4, -0.2) is 19.8 Å². The Kier molecular flexibility index (Phi) is 5.94. The van der Waals surface area contributed by atoms with Gasteiger partial charge in [-0.05, 0) is 19.1 Å². The van der Waals surface area contributed by atoms with Crippen LogP contribution in [0, 0.1) is 19.3 Å². The molecule has 0 aromatic heterocycles. The number of terminal acetylenes is 1. The smallest absolute Gasteiger partial charge is 0.107 e. The van der Waals surface area contributed by atoms with Crippen molar-refractivity contribution in [2.45, 2.75) is 11.8 Å². The fourth-order valence-electron chi connectivity index (χ4n) is 0.928. The molecule has 1 aromatic carbocycles. The molecule has 0 unspecified atom stereocenters. The van der Waals surface area contributed by atoms with Crippen molar-refractivity contribution in [3.05, 3.63) is 29.8 Å². The largest absolute Gasteiger partial charge is 0.366 e. The Morgan fingerprint density at radius 1 is 1.27 bits per heavy atom. The highest BCUT2D eigenvalue weighted by Crippen LogP contribution is 2.18. The molecule has 1 rings (SSSR count). The average Bonchev–Trinajstić information content (AvgIpc) is 2.26. The molecule has 3 heteroatoms. The summed E-state index contributed by atoms with van der Waals surface area (Å²) in [5, 5.41) is 0. The topological polar surface area (TPSA) is 18.5 Å². The van der Waals surface area contributed by atoms with Crippen molar-refractivity contribution in [3.8, 4) is 12.3 Å². The Hall–Kier alpha value is -0.950. The Bertz CT molecular complexity index is 313. The predicted octanol–water partition coefficient (Wildman–Crippen LogP) is 2.67. The molecule has 0 aliphatic carbocycles. The zero-order valence-electron chi connectivity index (χ0n) is 8.73. The van der Waals surface area contributed by atoms with Crippen LogP contribution in [0.2, 0.25) is 0 Å². The van der Waals surface area contributed by atoms with Gasteiger partial charge in [-0.3, -0.25) is 0 Å². The van der Waals surface area contributed by atoms with Gasteiger partial charge in [0, 0.05) is 16.9 Å². The van der Waals surface area contributed by atoms with Crippen LogP contribution in [0.15, 0.2) is 29.2 Å². The van der Waals surface area contributed by atoms with Gasteiger partial charge < -0.3 is 8.92 Å². The lowest BCUT2D eigenvalue weighted by Crippen LogP contribution is -2.00. The lowest BCUT2D eigenvalue weighted by atomic mass is 10.2. The second-order valence-corrected chi connectivity index (χ2v) is 3.85. The second kappa shape index (κ2) is 7.36. The Balaban J connectivity index is 2.10. The normalized spacial score (nSPS) is 9.87. The Labute approximate surface area is 95.2 Å². The molecule has 2 nitrogen and oxygen atoms in total. The fraction of sp³-hybridized carbons (Fsp3) is 0.333. The first kappa shape index (κ1) is 12.1. The summed E-state index contributed by atoms with van der Waals surface area (Å²) in [4.78, 5) is 1.09. The number of hydrogen-bond acceptors (Lipinski definition) is 3. The lowest BCUT2D eigenvalue weighted by molar-refractivity contribution is 0.133. The molecule has 0 aliphatic rings. The molecule has 0 saturated carbocycles. The van der Waals surface area contributed by atoms with E-state index in [9.17, 15) is 0 Å². The average molecular weight is 222 g/mol. The minimum absolute atomic E-state index is 0.346. The number of aryl methyl sites for hydroxylation is 1. The standard InChI is InChI=1S/C12H14O2S/c1-3-8-13-9-10-14-15-12-6-4-11(2)5-7-12/h1,4-7H,8-10H2,2H3. The van der Waals surface area contributed by atoms with Crippen LogP contribution in [-0.2, 0) is 8.92 Å². The number of ether oxygens (including phenoxy) is 1. The molecule has 0 bridgehead atoms. The van der Waals surface area contributed by atoms with E-state index in [1.165, 1.54) is 17.6 Å². The maximum atomic E-state index is 5.33. The van der Waals surface area contributed by atoms with Gasteiger partial charge in [0.15, 0.2) is 0 Å². The van der Waals surface area contributed by atoms with E-state index in [2.05, 4.69) is 25.0 Å². The molecule has 80 valence electrons. The van der Waals surface area contributed by atoms with Gasteiger partial charge in [-0.25, -0.2) is 0 Å². The van der Waals surface area contributed by atoms with Crippen molar-refractivity contribution in [3.63, 3.8) is 0 Å². The van der Waals surface area contributed by atoms with Crippen LogP contribution in [0.25, 0.3) is 0 Å². The number of hydrogen-bond donors (Lipinski definition) is 0. The minimum Gasteiger partial charge on any atom is -0.366 e. The van der Waals surface area contributed by atoms with Gasteiger partial charge in [-0.1, -0.05) is 23.6 Å². The van der Waals surface area contributed by atoms with E-state index < -0.39 is 0 Å². The van der Waals surface area contributed by atoms with E-state index in [0.29, 0.717) is 19.8 Å². The van der Waals surface area contributed by atoms with E-state index in [1.54, 1.807) is 0 Å². The summed E-state index contributed by atoms with van der Waals surface area (Å²) in [6.45, 7) is 3.48. The van der Waals surface area contributed by atoms with Crippen LogP contribution in [0.4, 0.5) is 0 Å². The van der Waals surface area contributed by atoms with Gasteiger partial charge in [0.25, 0.3) is 0 Å². The van der Waals surface area contributed by atoms with Crippen molar-refractivity contribution >= 4 is 12.0 Å². The molecule has 0 heterocycles. The van der Waals surface area contributed by atoms with E-state index in [4.69, 9.17) is 15.3 Å².